The van der Waals surface area contributed by atoms with Crippen LogP contribution in [-0.4, -0.2) is 36.2 Å². The predicted octanol–water partition coefficient (Wildman–Crippen LogP) is 2.16. The number of likely N-dealkylation sites (tertiary alicyclic amines) is 1. The van der Waals surface area contributed by atoms with Crippen LogP contribution in [0.15, 0.2) is 30.3 Å². The second-order valence-corrected chi connectivity index (χ2v) is 4.88. The molecule has 0 aromatic heterocycles. The molecule has 1 atom stereocenters. The predicted molar refractivity (Wildman–Crippen MR) is 66.8 cm³/mol. The van der Waals surface area contributed by atoms with Gasteiger partial charge < -0.3 is 4.74 Å². The van der Waals surface area contributed by atoms with Crippen LogP contribution in [0.4, 0.5) is 4.39 Å². The topological polar surface area (TPSA) is 29.5 Å². The second-order valence-electron chi connectivity index (χ2n) is 4.88. The Morgan fingerprint density at radius 2 is 2.17 bits per heavy atom. The van der Waals surface area contributed by atoms with Crippen molar-refractivity contribution in [3.63, 3.8) is 0 Å². The SMILES string of the molecule is CC(=O)OCC1(F)CCN(Cc2ccccc2)C1. The van der Waals surface area contributed by atoms with Crippen LogP contribution in [0.25, 0.3) is 0 Å². The van der Waals surface area contributed by atoms with Crippen LogP contribution in [0.5, 0.6) is 0 Å². The number of hydrogen-bond acceptors (Lipinski definition) is 3. The van der Waals surface area contributed by atoms with Gasteiger partial charge in [0.1, 0.15) is 6.61 Å². The van der Waals surface area contributed by atoms with Crippen molar-refractivity contribution in [2.24, 2.45) is 0 Å². The van der Waals surface area contributed by atoms with Gasteiger partial charge in [-0.15, -0.1) is 0 Å². The first-order valence-electron chi connectivity index (χ1n) is 6.16. The molecule has 1 fully saturated rings. The molecule has 0 N–H and O–H groups in total. The van der Waals surface area contributed by atoms with Crippen molar-refractivity contribution >= 4 is 5.97 Å². The van der Waals surface area contributed by atoms with Crippen LogP contribution in [0, 0.1) is 0 Å². The maximum atomic E-state index is 14.3. The largest absolute Gasteiger partial charge is 0.462 e. The normalized spacial score (nSPS) is 24.1. The molecule has 1 heterocycles. The molecule has 1 unspecified atom stereocenters. The number of ether oxygens (including phenoxy) is 1. The number of alkyl halides is 1. The zero-order chi connectivity index (χ0) is 13.0. The number of hydrogen-bond donors (Lipinski definition) is 0. The van der Waals surface area contributed by atoms with Gasteiger partial charge in [-0.3, -0.25) is 9.69 Å². The molecule has 0 spiro atoms. The summed E-state index contributed by atoms with van der Waals surface area (Å²) >= 11 is 0. The maximum absolute atomic E-state index is 14.3. The first kappa shape index (κ1) is 13.0. The van der Waals surface area contributed by atoms with Gasteiger partial charge in [0.2, 0.25) is 0 Å². The lowest BCUT2D eigenvalue weighted by Crippen LogP contribution is -2.34. The summed E-state index contributed by atoms with van der Waals surface area (Å²) in [6, 6.07) is 9.99. The smallest absolute Gasteiger partial charge is 0.302 e. The Balaban J connectivity index is 1.86. The van der Waals surface area contributed by atoms with Crippen LogP contribution < -0.4 is 0 Å². The molecule has 2 rings (SSSR count). The molecule has 0 aliphatic carbocycles. The highest BCUT2D eigenvalue weighted by molar-refractivity contribution is 5.65. The fraction of sp³-hybridized carbons (Fsp3) is 0.500. The molecule has 0 radical (unpaired) electrons. The van der Waals surface area contributed by atoms with E-state index in [0.29, 0.717) is 19.5 Å². The summed E-state index contributed by atoms with van der Waals surface area (Å²) in [6.45, 7) is 2.95. The van der Waals surface area contributed by atoms with Gasteiger partial charge in [0.25, 0.3) is 0 Å². The zero-order valence-electron chi connectivity index (χ0n) is 10.6. The quantitative estimate of drug-likeness (QED) is 0.768. The van der Waals surface area contributed by atoms with E-state index < -0.39 is 11.6 Å². The molecule has 0 saturated carbocycles. The lowest BCUT2D eigenvalue weighted by atomic mass is 10.1. The lowest BCUT2D eigenvalue weighted by Gasteiger charge is -2.20. The van der Waals surface area contributed by atoms with Crippen molar-refractivity contribution in [2.45, 2.75) is 25.6 Å². The van der Waals surface area contributed by atoms with Gasteiger partial charge >= 0.3 is 5.97 Å². The minimum Gasteiger partial charge on any atom is -0.462 e. The van der Waals surface area contributed by atoms with E-state index in [9.17, 15) is 9.18 Å². The van der Waals surface area contributed by atoms with Crippen LogP contribution in [0.2, 0.25) is 0 Å². The van der Waals surface area contributed by atoms with Crippen LogP contribution >= 0.6 is 0 Å². The summed E-state index contributed by atoms with van der Waals surface area (Å²) in [4.78, 5) is 12.8. The molecule has 1 aliphatic rings. The Labute approximate surface area is 107 Å². The van der Waals surface area contributed by atoms with E-state index in [1.807, 2.05) is 30.3 Å². The fourth-order valence-electron chi connectivity index (χ4n) is 2.24. The molecular formula is C14H18FNO2. The van der Waals surface area contributed by atoms with E-state index in [0.717, 1.165) is 6.54 Å². The third kappa shape index (κ3) is 3.53. The van der Waals surface area contributed by atoms with Crippen LogP contribution in [0.1, 0.15) is 18.9 Å². The van der Waals surface area contributed by atoms with E-state index in [-0.39, 0.29) is 6.61 Å². The molecule has 1 aromatic carbocycles. The molecule has 98 valence electrons. The number of halogens is 1. The minimum absolute atomic E-state index is 0.131. The van der Waals surface area contributed by atoms with E-state index in [1.54, 1.807) is 0 Å². The van der Waals surface area contributed by atoms with Crippen LogP contribution in [-0.2, 0) is 16.1 Å². The third-order valence-electron chi connectivity index (χ3n) is 3.17. The number of benzene rings is 1. The first-order valence-corrected chi connectivity index (χ1v) is 6.16. The first-order chi connectivity index (χ1) is 8.57. The summed E-state index contributed by atoms with van der Waals surface area (Å²) in [5.41, 5.74) is -0.213. The maximum Gasteiger partial charge on any atom is 0.302 e. The fourth-order valence-corrected chi connectivity index (χ4v) is 2.24. The van der Waals surface area contributed by atoms with Gasteiger partial charge in [-0.25, -0.2) is 4.39 Å². The third-order valence-corrected chi connectivity index (χ3v) is 3.17. The van der Waals surface area contributed by atoms with Crippen molar-refractivity contribution in [3.05, 3.63) is 35.9 Å². The standard InChI is InChI=1S/C14H18FNO2/c1-12(17)18-11-14(15)7-8-16(10-14)9-13-5-3-2-4-6-13/h2-6H,7-11H2,1H3. The Kier molecular flexibility index (Phi) is 3.97. The van der Waals surface area contributed by atoms with Gasteiger partial charge in [-0.2, -0.15) is 0 Å². The molecule has 0 amide bonds. The zero-order valence-corrected chi connectivity index (χ0v) is 10.6. The summed E-state index contributed by atoms with van der Waals surface area (Å²) < 4.78 is 19.1. The highest BCUT2D eigenvalue weighted by atomic mass is 19.1. The monoisotopic (exact) mass is 251 g/mol. The highest BCUT2D eigenvalue weighted by Crippen LogP contribution is 2.27. The minimum atomic E-state index is -1.39. The number of nitrogens with zero attached hydrogens (tertiary/aromatic N) is 1. The van der Waals surface area contributed by atoms with E-state index in [1.165, 1.54) is 12.5 Å². The Hall–Kier alpha value is -1.42. The summed E-state index contributed by atoms with van der Waals surface area (Å²) in [5.74, 6) is -0.423. The average molecular weight is 251 g/mol. The number of rotatable bonds is 4. The van der Waals surface area contributed by atoms with Crippen LogP contribution in [0.3, 0.4) is 0 Å². The highest BCUT2D eigenvalue weighted by Gasteiger charge is 2.39. The molecule has 18 heavy (non-hydrogen) atoms. The van der Waals surface area contributed by atoms with Crippen molar-refractivity contribution in [1.82, 2.24) is 4.90 Å². The Morgan fingerprint density at radius 1 is 1.44 bits per heavy atom. The second kappa shape index (κ2) is 5.48. The van der Waals surface area contributed by atoms with E-state index in [4.69, 9.17) is 4.74 Å². The van der Waals surface area contributed by atoms with Gasteiger partial charge in [0.15, 0.2) is 5.67 Å². The molecule has 1 aliphatic heterocycles. The van der Waals surface area contributed by atoms with E-state index in [2.05, 4.69) is 4.90 Å². The summed E-state index contributed by atoms with van der Waals surface area (Å²) in [6.07, 6.45) is 0.424. The average Bonchev–Trinajstić information content (AvgIpc) is 2.71. The molecule has 4 heteroatoms. The van der Waals surface area contributed by atoms with Crippen molar-refractivity contribution in [2.75, 3.05) is 19.7 Å². The van der Waals surface area contributed by atoms with E-state index >= 15 is 0 Å². The summed E-state index contributed by atoms with van der Waals surface area (Å²) in [5, 5.41) is 0. The van der Waals surface area contributed by atoms with Gasteiger partial charge in [-0.05, 0) is 12.0 Å². The molecule has 1 aromatic rings. The molecule has 3 nitrogen and oxygen atoms in total. The Morgan fingerprint density at radius 3 is 2.83 bits per heavy atom. The number of carbonyl (C=O) groups is 1. The lowest BCUT2D eigenvalue weighted by molar-refractivity contribution is -0.145. The van der Waals surface area contributed by atoms with Crippen molar-refractivity contribution in [3.8, 4) is 0 Å². The van der Waals surface area contributed by atoms with Crippen molar-refractivity contribution < 1.29 is 13.9 Å². The van der Waals surface area contributed by atoms with Gasteiger partial charge in [0.05, 0.1) is 0 Å². The molecule has 1 saturated heterocycles. The van der Waals surface area contributed by atoms with Gasteiger partial charge in [-0.1, -0.05) is 30.3 Å². The molecule has 0 bridgehead atoms. The number of esters is 1. The van der Waals surface area contributed by atoms with Gasteiger partial charge in [0, 0.05) is 26.6 Å². The summed E-state index contributed by atoms with van der Waals surface area (Å²) in [7, 11) is 0. The number of carbonyl (C=O) groups excluding carboxylic acids is 1. The van der Waals surface area contributed by atoms with Crippen molar-refractivity contribution in [1.29, 1.82) is 0 Å². The molecular weight excluding hydrogens is 233 g/mol. The Bertz CT molecular complexity index is 410.